The number of benzene rings is 1. The highest BCUT2D eigenvalue weighted by Crippen LogP contribution is 2.32. The molecule has 0 fully saturated rings. The zero-order valence-corrected chi connectivity index (χ0v) is 14.7. The molecule has 1 aromatic rings. The summed E-state index contributed by atoms with van der Waals surface area (Å²) >= 11 is 12.4. The Bertz CT molecular complexity index is 616. The third-order valence-electron chi connectivity index (χ3n) is 2.91. The van der Waals surface area contributed by atoms with Gasteiger partial charge in [-0.05, 0) is 12.1 Å². The average molecular weight is 351 g/mol. The lowest BCUT2D eigenvalue weighted by Crippen LogP contribution is -2.28. The standard InChI is InChI=1S/C14H20Cl2N2O2S/c1-5-8-18(4)21(19,20)13-7-6-12(15)11(14(13)16)9-17-10(2)3/h5-7,10,17H,1,8-9H2,2-4H3. The van der Waals surface area contributed by atoms with Gasteiger partial charge in [0.1, 0.15) is 4.90 Å². The molecule has 0 saturated carbocycles. The van der Waals surface area contributed by atoms with E-state index in [0.29, 0.717) is 17.1 Å². The van der Waals surface area contributed by atoms with Gasteiger partial charge in [0.25, 0.3) is 0 Å². The first-order valence-electron chi connectivity index (χ1n) is 6.49. The smallest absolute Gasteiger partial charge is 0.244 e. The Labute approximate surface area is 136 Å². The average Bonchev–Trinajstić information content (AvgIpc) is 2.38. The summed E-state index contributed by atoms with van der Waals surface area (Å²) in [5.74, 6) is 0. The Balaban J connectivity index is 3.27. The van der Waals surface area contributed by atoms with E-state index in [-0.39, 0.29) is 22.5 Å². The van der Waals surface area contributed by atoms with Crippen molar-refractivity contribution < 1.29 is 8.42 Å². The summed E-state index contributed by atoms with van der Waals surface area (Å²) < 4.78 is 26.1. The largest absolute Gasteiger partial charge is 0.310 e. The molecule has 0 aliphatic rings. The van der Waals surface area contributed by atoms with Crippen LogP contribution in [0.15, 0.2) is 29.7 Å². The molecule has 0 bridgehead atoms. The van der Waals surface area contributed by atoms with Gasteiger partial charge in [-0.1, -0.05) is 43.1 Å². The highest BCUT2D eigenvalue weighted by molar-refractivity contribution is 7.89. The molecule has 0 heterocycles. The molecule has 7 heteroatoms. The molecule has 0 amide bonds. The number of halogens is 2. The summed E-state index contributed by atoms with van der Waals surface area (Å²) in [4.78, 5) is 0.0541. The summed E-state index contributed by atoms with van der Waals surface area (Å²) in [6.07, 6.45) is 1.52. The van der Waals surface area contributed by atoms with Crippen molar-refractivity contribution in [2.24, 2.45) is 0 Å². The first-order valence-corrected chi connectivity index (χ1v) is 8.69. The van der Waals surface area contributed by atoms with Crippen molar-refractivity contribution in [1.29, 1.82) is 0 Å². The van der Waals surface area contributed by atoms with Gasteiger partial charge in [0, 0.05) is 36.8 Å². The molecular formula is C14H20Cl2N2O2S. The third-order valence-corrected chi connectivity index (χ3v) is 5.68. The minimum absolute atomic E-state index is 0.0541. The van der Waals surface area contributed by atoms with Crippen molar-refractivity contribution in [2.75, 3.05) is 13.6 Å². The van der Waals surface area contributed by atoms with Crippen molar-refractivity contribution in [1.82, 2.24) is 9.62 Å². The molecule has 1 aromatic carbocycles. The molecule has 0 aliphatic heterocycles. The van der Waals surface area contributed by atoms with Gasteiger partial charge >= 0.3 is 0 Å². The molecule has 118 valence electrons. The third kappa shape index (κ3) is 4.44. The van der Waals surface area contributed by atoms with Crippen LogP contribution >= 0.6 is 23.2 Å². The van der Waals surface area contributed by atoms with Crippen molar-refractivity contribution in [3.05, 3.63) is 40.4 Å². The molecule has 21 heavy (non-hydrogen) atoms. The summed E-state index contributed by atoms with van der Waals surface area (Å²) in [6.45, 7) is 8.13. The minimum Gasteiger partial charge on any atom is -0.310 e. The highest BCUT2D eigenvalue weighted by atomic mass is 35.5. The lowest BCUT2D eigenvalue weighted by Gasteiger charge is -2.19. The van der Waals surface area contributed by atoms with Crippen molar-refractivity contribution >= 4 is 33.2 Å². The molecular weight excluding hydrogens is 331 g/mol. The van der Waals surface area contributed by atoms with E-state index in [4.69, 9.17) is 23.2 Å². The number of nitrogens with one attached hydrogen (secondary N) is 1. The SMILES string of the molecule is C=CCN(C)S(=O)(=O)c1ccc(Cl)c(CNC(C)C)c1Cl. The number of nitrogens with zero attached hydrogens (tertiary/aromatic N) is 1. The Kier molecular flexibility index (Phi) is 6.69. The van der Waals surface area contributed by atoms with E-state index >= 15 is 0 Å². The first-order chi connectivity index (χ1) is 9.71. The van der Waals surface area contributed by atoms with Crippen LogP contribution in [0.1, 0.15) is 19.4 Å². The number of rotatable bonds is 7. The first kappa shape index (κ1) is 18.5. The lowest BCUT2D eigenvalue weighted by molar-refractivity contribution is 0.499. The van der Waals surface area contributed by atoms with Gasteiger partial charge in [-0.3, -0.25) is 0 Å². The molecule has 0 spiro atoms. The quantitative estimate of drug-likeness (QED) is 0.767. The van der Waals surface area contributed by atoms with Gasteiger partial charge in [-0.2, -0.15) is 4.31 Å². The van der Waals surface area contributed by atoms with Crippen LogP contribution in [-0.2, 0) is 16.6 Å². The Morgan fingerprint density at radius 1 is 1.38 bits per heavy atom. The molecule has 0 aliphatic carbocycles. The zero-order valence-electron chi connectivity index (χ0n) is 12.4. The van der Waals surface area contributed by atoms with E-state index < -0.39 is 10.0 Å². The van der Waals surface area contributed by atoms with Gasteiger partial charge in [0.15, 0.2) is 0 Å². The maximum Gasteiger partial charge on any atom is 0.244 e. The molecule has 1 rings (SSSR count). The fraction of sp³-hybridized carbons (Fsp3) is 0.429. The van der Waals surface area contributed by atoms with Crippen LogP contribution in [0.5, 0.6) is 0 Å². The van der Waals surface area contributed by atoms with Crippen LogP contribution < -0.4 is 5.32 Å². The Morgan fingerprint density at radius 3 is 2.52 bits per heavy atom. The number of hydrogen-bond acceptors (Lipinski definition) is 3. The zero-order chi connectivity index (χ0) is 16.2. The summed E-state index contributed by atoms with van der Waals surface area (Å²) in [5, 5.41) is 3.78. The van der Waals surface area contributed by atoms with Gasteiger partial charge in [0.2, 0.25) is 10.0 Å². The summed E-state index contributed by atoms with van der Waals surface area (Å²) in [7, 11) is -2.19. The van der Waals surface area contributed by atoms with Crippen LogP contribution in [0, 0.1) is 0 Å². The van der Waals surface area contributed by atoms with E-state index in [2.05, 4.69) is 11.9 Å². The van der Waals surface area contributed by atoms with Gasteiger partial charge in [-0.25, -0.2) is 8.42 Å². The van der Waals surface area contributed by atoms with Crippen molar-refractivity contribution in [2.45, 2.75) is 31.3 Å². The van der Waals surface area contributed by atoms with E-state index in [0.717, 1.165) is 0 Å². The van der Waals surface area contributed by atoms with Crippen LogP contribution in [0.2, 0.25) is 10.0 Å². The lowest BCUT2D eigenvalue weighted by atomic mass is 10.2. The summed E-state index contributed by atoms with van der Waals surface area (Å²) in [5.41, 5.74) is 0.583. The molecule has 0 atom stereocenters. The molecule has 0 unspecified atom stereocenters. The second-order valence-corrected chi connectivity index (χ2v) is 7.75. The van der Waals surface area contributed by atoms with Gasteiger partial charge in [0.05, 0.1) is 5.02 Å². The maximum absolute atomic E-state index is 12.5. The second-order valence-electron chi connectivity index (χ2n) is 4.95. The second kappa shape index (κ2) is 7.61. The Morgan fingerprint density at radius 2 is 2.00 bits per heavy atom. The van der Waals surface area contributed by atoms with Crippen molar-refractivity contribution in [3.63, 3.8) is 0 Å². The van der Waals surface area contributed by atoms with Crippen LogP contribution in [0.4, 0.5) is 0 Å². The molecule has 4 nitrogen and oxygen atoms in total. The predicted molar refractivity (Wildman–Crippen MR) is 88.5 cm³/mol. The van der Waals surface area contributed by atoms with Crippen LogP contribution in [0.3, 0.4) is 0 Å². The number of sulfonamides is 1. The van der Waals surface area contributed by atoms with Gasteiger partial charge < -0.3 is 5.32 Å². The molecule has 1 N–H and O–H groups in total. The fourth-order valence-corrected chi connectivity index (χ4v) is 3.72. The fourth-order valence-electron chi connectivity index (χ4n) is 1.69. The predicted octanol–water partition coefficient (Wildman–Crippen LogP) is 3.30. The van der Waals surface area contributed by atoms with E-state index in [1.54, 1.807) is 6.07 Å². The van der Waals surface area contributed by atoms with Crippen LogP contribution in [-0.4, -0.2) is 32.4 Å². The van der Waals surface area contributed by atoms with Crippen molar-refractivity contribution in [3.8, 4) is 0 Å². The molecule has 0 saturated heterocycles. The number of likely N-dealkylation sites (N-methyl/N-ethyl adjacent to an activating group) is 1. The topological polar surface area (TPSA) is 49.4 Å². The van der Waals surface area contributed by atoms with E-state index in [1.165, 1.54) is 23.5 Å². The maximum atomic E-state index is 12.5. The molecule has 0 radical (unpaired) electrons. The normalized spacial score (nSPS) is 12.1. The van der Waals surface area contributed by atoms with E-state index in [1.807, 2.05) is 13.8 Å². The molecule has 0 aromatic heterocycles. The summed E-state index contributed by atoms with van der Waals surface area (Å²) in [6, 6.07) is 3.22. The number of hydrogen-bond donors (Lipinski definition) is 1. The van der Waals surface area contributed by atoms with Crippen LogP contribution in [0.25, 0.3) is 0 Å². The minimum atomic E-state index is -3.67. The van der Waals surface area contributed by atoms with Gasteiger partial charge in [-0.15, -0.1) is 6.58 Å². The monoisotopic (exact) mass is 350 g/mol. The van der Waals surface area contributed by atoms with E-state index in [9.17, 15) is 8.42 Å². The highest BCUT2D eigenvalue weighted by Gasteiger charge is 2.25. The Hall–Kier alpha value is -0.590.